The molecule has 0 bridgehead atoms. The number of nitrogens with one attached hydrogen (secondary N) is 1. The van der Waals surface area contributed by atoms with E-state index in [-0.39, 0.29) is 0 Å². The molecule has 5 aromatic carbocycles. The summed E-state index contributed by atoms with van der Waals surface area (Å²) in [4.78, 5) is 1.75. The van der Waals surface area contributed by atoms with Gasteiger partial charge in [-0.1, -0.05) is 72.8 Å². The van der Waals surface area contributed by atoms with Crippen molar-refractivity contribution in [1.29, 1.82) is 5.53 Å². The highest BCUT2D eigenvalue weighted by Gasteiger charge is 2.11. The Morgan fingerprint density at radius 1 is 0.565 bits per heavy atom. The van der Waals surface area contributed by atoms with E-state index in [1.165, 1.54) is 43.1 Å². The molecule has 0 aliphatic rings. The fraction of sp³-hybridized carbons (Fsp3) is 0. The molecular formula is C20H13N3. The van der Waals surface area contributed by atoms with E-state index in [0.29, 0.717) is 0 Å². The molecule has 3 nitrogen and oxygen atoms in total. The molecule has 0 radical (unpaired) electrons. The standard InChI is InChI=1S/C20H12.HN3/c1-5-13-6-2-11-17-18-12-4-8-14-7-3-10-16(20(14)18)15(9-1)19(13)17;1-3-2/h1-12H;1H. The van der Waals surface area contributed by atoms with Crippen LogP contribution in [0.5, 0.6) is 0 Å². The van der Waals surface area contributed by atoms with Crippen LogP contribution in [0.3, 0.4) is 0 Å². The number of hydrogen-bond acceptors (Lipinski definition) is 1. The summed E-state index contributed by atoms with van der Waals surface area (Å²) in [6.07, 6.45) is 0. The molecule has 1 N–H and O–H groups in total. The third kappa shape index (κ3) is 1.88. The molecule has 0 spiro atoms. The van der Waals surface area contributed by atoms with Crippen molar-refractivity contribution in [2.75, 3.05) is 0 Å². The summed E-state index contributed by atoms with van der Waals surface area (Å²) in [5.41, 5.74) is 12.2. The Hall–Kier alpha value is -3.29. The summed E-state index contributed by atoms with van der Waals surface area (Å²) in [6, 6.07) is 26.4. The van der Waals surface area contributed by atoms with Crippen molar-refractivity contribution in [2.45, 2.75) is 0 Å². The van der Waals surface area contributed by atoms with Crippen molar-refractivity contribution in [3.8, 4) is 0 Å². The largest absolute Gasteiger partial charge is 0.108 e. The number of nitrogens with zero attached hydrogens (tertiary/aromatic N) is 2. The lowest BCUT2D eigenvalue weighted by Crippen LogP contribution is -1.85. The van der Waals surface area contributed by atoms with Crippen molar-refractivity contribution in [3.05, 3.63) is 83.2 Å². The highest BCUT2D eigenvalue weighted by Crippen LogP contribution is 2.39. The SMILES string of the molecule is [N-]=[N+]=N.c1cc2cccc3c4cccc5cccc(c(c1)c23)c54. The predicted molar refractivity (Wildman–Crippen MR) is 97.1 cm³/mol. The van der Waals surface area contributed by atoms with Gasteiger partial charge in [0.1, 0.15) is 0 Å². The quantitative estimate of drug-likeness (QED) is 0.110. The molecule has 23 heavy (non-hydrogen) atoms. The molecule has 0 aliphatic carbocycles. The van der Waals surface area contributed by atoms with E-state index < -0.39 is 0 Å². The van der Waals surface area contributed by atoms with Crippen LogP contribution in [0.2, 0.25) is 0 Å². The van der Waals surface area contributed by atoms with Crippen LogP contribution in [-0.4, -0.2) is 0 Å². The van der Waals surface area contributed by atoms with Gasteiger partial charge in [0.2, 0.25) is 0 Å². The first kappa shape index (κ1) is 13.4. The third-order valence-corrected chi connectivity index (χ3v) is 4.39. The Labute approximate surface area is 132 Å². The van der Waals surface area contributed by atoms with Gasteiger partial charge in [0.05, 0.1) is 0 Å². The van der Waals surface area contributed by atoms with Crippen molar-refractivity contribution in [1.82, 2.24) is 0 Å². The minimum atomic E-state index is 1.33. The van der Waals surface area contributed by atoms with Crippen LogP contribution in [0.25, 0.3) is 53.5 Å². The van der Waals surface area contributed by atoms with Gasteiger partial charge in [-0.05, 0) is 53.5 Å². The van der Waals surface area contributed by atoms with Crippen molar-refractivity contribution < 1.29 is 0 Å². The van der Waals surface area contributed by atoms with Crippen LogP contribution < -0.4 is 0 Å². The fourth-order valence-electron chi connectivity index (χ4n) is 3.58. The van der Waals surface area contributed by atoms with Crippen LogP contribution >= 0.6 is 0 Å². The number of hydrogen-bond donors (Lipinski definition) is 1. The lowest BCUT2D eigenvalue weighted by atomic mass is 9.90. The summed E-state index contributed by atoms with van der Waals surface area (Å²) < 4.78 is 0. The molecule has 3 heteroatoms. The summed E-state index contributed by atoms with van der Waals surface area (Å²) in [6.45, 7) is 0. The molecular weight excluding hydrogens is 282 g/mol. The molecule has 0 saturated carbocycles. The third-order valence-electron chi connectivity index (χ3n) is 4.39. The van der Waals surface area contributed by atoms with E-state index >= 15 is 0 Å². The predicted octanol–water partition coefficient (Wildman–Crippen LogP) is 6.61. The Morgan fingerprint density at radius 3 is 1.09 bits per heavy atom. The van der Waals surface area contributed by atoms with E-state index in [9.17, 15) is 0 Å². The Morgan fingerprint density at radius 2 is 0.826 bits per heavy atom. The summed E-state index contributed by atoms with van der Waals surface area (Å²) in [7, 11) is 0. The van der Waals surface area contributed by atoms with E-state index in [0.717, 1.165) is 0 Å². The monoisotopic (exact) mass is 295 g/mol. The molecule has 0 aliphatic heterocycles. The summed E-state index contributed by atoms with van der Waals surface area (Å²) in [5.74, 6) is 0. The van der Waals surface area contributed by atoms with Gasteiger partial charge in [0, 0.05) is 0 Å². The smallest absolute Gasteiger partial charge is 0.00208 e. The van der Waals surface area contributed by atoms with Crippen LogP contribution in [0.1, 0.15) is 0 Å². The zero-order valence-electron chi connectivity index (χ0n) is 12.3. The van der Waals surface area contributed by atoms with Crippen LogP contribution in [0.15, 0.2) is 72.8 Å². The molecule has 5 rings (SSSR count). The first-order valence-corrected chi connectivity index (χ1v) is 7.40. The second-order valence-electron chi connectivity index (χ2n) is 5.52. The van der Waals surface area contributed by atoms with E-state index in [1.807, 2.05) is 0 Å². The van der Waals surface area contributed by atoms with Crippen LogP contribution in [0.4, 0.5) is 0 Å². The van der Waals surface area contributed by atoms with E-state index in [4.69, 9.17) is 11.1 Å². The summed E-state index contributed by atoms with van der Waals surface area (Å²) in [5, 5.41) is 10.9. The Balaban J connectivity index is 0.000000421. The number of fused-ring (bicyclic) bond motifs is 2. The lowest BCUT2D eigenvalue weighted by molar-refractivity contribution is 1.45. The van der Waals surface area contributed by atoms with Gasteiger partial charge in [-0.25, -0.2) is 0 Å². The maximum Gasteiger partial charge on any atom is -0.00208 e. The molecule has 0 atom stereocenters. The zero-order valence-corrected chi connectivity index (χ0v) is 12.3. The highest BCUT2D eigenvalue weighted by molar-refractivity contribution is 6.32. The maximum atomic E-state index is 6.86. The van der Waals surface area contributed by atoms with E-state index in [1.54, 1.807) is 4.91 Å². The molecule has 0 unspecified atom stereocenters. The van der Waals surface area contributed by atoms with Crippen molar-refractivity contribution in [2.24, 2.45) is 0 Å². The molecule has 5 aromatic rings. The van der Waals surface area contributed by atoms with Gasteiger partial charge >= 0.3 is 0 Å². The Bertz CT molecular complexity index is 1020. The fourth-order valence-corrected chi connectivity index (χ4v) is 3.58. The first-order chi connectivity index (χ1) is 11.3. The molecule has 0 saturated heterocycles. The second kappa shape index (κ2) is 5.16. The number of benzene rings is 5. The maximum absolute atomic E-state index is 6.86. The summed E-state index contributed by atoms with van der Waals surface area (Å²) >= 11 is 0. The van der Waals surface area contributed by atoms with Crippen molar-refractivity contribution >= 4 is 43.1 Å². The average Bonchev–Trinajstić information content (AvgIpc) is 2.60. The van der Waals surface area contributed by atoms with Gasteiger partial charge < -0.3 is 0 Å². The molecule has 0 amide bonds. The number of rotatable bonds is 0. The molecule has 0 aromatic heterocycles. The highest BCUT2D eigenvalue weighted by atomic mass is 15.0. The van der Waals surface area contributed by atoms with E-state index in [2.05, 4.69) is 72.8 Å². The van der Waals surface area contributed by atoms with Gasteiger partial charge in [-0.2, -0.15) is 0 Å². The normalized spacial score (nSPS) is 10.8. The van der Waals surface area contributed by atoms with Crippen LogP contribution in [-0.2, 0) is 0 Å². The Kier molecular flexibility index (Phi) is 3.00. The minimum absolute atomic E-state index is 1.33. The topological polar surface area (TPSA) is 60.3 Å². The van der Waals surface area contributed by atoms with Crippen LogP contribution in [0, 0.1) is 5.53 Å². The average molecular weight is 295 g/mol. The minimum Gasteiger partial charge on any atom is -0.108 e. The first-order valence-electron chi connectivity index (χ1n) is 7.40. The van der Waals surface area contributed by atoms with Crippen molar-refractivity contribution in [3.63, 3.8) is 0 Å². The lowest BCUT2D eigenvalue weighted by Gasteiger charge is -2.13. The molecule has 108 valence electrons. The van der Waals surface area contributed by atoms with Gasteiger partial charge in [-0.3, -0.25) is 0 Å². The molecule has 0 heterocycles. The second-order valence-corrected chi connectivity index (χ2v) is 5.52. The zero-order chi connectivity index (χ0) is 15.8. The molecule has 0 fully saturated rings. The van der Waals surface area contributed by atoms with Gasteiger partial charge in [0.15, 0.2) is 0 Å². The van der Waals surface area contributed by atoms with Gasteiger partial charge in [-0.15, -0.1) is 5.53 Å². The van der Waals surface area contributed by atoms with Gasteiger partial charge in [0.25, 0.3) is 0 Å².